The molecule has 2 aromatic rings. The van der Waals surface area contributed by atoms with Crippen molar-refractivity contribution in [3.8, 4) is 0 Å². The van der Waals surface area contributed by atoms with Crippen LogP contribution in [0.5, 0.6) is 0 Å². The van der Waals surface area contributed by atoms with Crippen LogP contribution in [-0.4, -0.2) is 23.3 Å². The number of benzene rings is 1. The van der Waals surface area contributed by atoms with Crippen LogP contribution in [-0.2, 0) is 0 Å². The minimum absolute atomic E-state index is 0.913. The van der Waals surface area contributed by atoms with Crippen molar-refractivity contribution in [3.63, 3.8) is 0 Å². The highest BCUT2D eigenvalue weighted by atomic mass is 32.2. The molecule has 2 N–H and O–H groups in total. The molecule has 1 aromatic carbocycles. The van der Waals surface area contributed by atoms with Crippen molar-refractivity contribution in [1.29, 1.82) is 0 Å². The highest BCUT2D eigenvalue weighted by Gasteiger charge is 2.15. The Kier molecular flexibility index (Phi) is 5.34. The molecule has 1 heterocycles. The number of nitrogens with zero attached hydrogens (tertiary/aromatic N) is 1. The van der Waals surface area contributed by atoms with E-state index in [1.807, 2.05) is 23.1 Å². The highest BCUT2D eigenvalue weighted by Crippen LogP contribution is 2.29. The minimum Gasteiger partial charge on any atom is -0.344 e. The molecule has 0 amide bonds. The number of thiazole rings is 1. The zero-order valence-corrected chi connectivity index (χ0v) is 13.5. The topological polar surface area (TPSA) is 29.5 Å². The van der Waals surface area contributed by atoms with Crippen molar-refractivity contribution in [2.45, 2.75) is 48.9 Å². The van der Waals surface area contributed by atoms with E-state index in [-0.39, 0.29) is 0 Å². The Morgan fingerprint density at radius 1 is 1.20 bits per heavy atom. The predicted octanol–water partition coefficient (Wildman–Crippen LogP) is 3.67. The van der Waals surface area contributed by atoms with E-state index in [1.165, 1.54) is 59.9 Å². The summed E-state index contributed by atoms with van der Waals surface area (Å²) in [4.78, 5) is 4.67. The van der Waals surface area contributed by atoms with E-state index in [4.69, 9.17) is 0 Å². The second-order valence-electron chi connectivity index (χ2n) is 5.57. The normalized spacial score (nSPS) is 16.8. The summed E-state index contributed by atoms with van der Waals surface area (Å²) in [5, 5.41) is 2.58. The van der Waals surface area contributed by atoms with Gasteiger partial charge in [-0.2, -0.15) is 0 Å². The second-order valence-corrected chi connectivity index (χ2v) is 7.94. The van der Waals surface area contributed by atoms with Crippen LogP contribution < -0.4 is 5.32 Å². The molecule has 0 atom stereocenters. The first kappa shape index (κ1) is 14.4. The van der Waals surface area contributed by atoms with Gasteiger partial charge in [-0.3, -0.25) is 0 Å². The number of hydrogen-bond acceptors (Lipinski definition) is 3. The molecule has 1 aliphatic carbocycles. The van der Waals surface area contributed by atoms with Crippen LogP contribution in [0.15, 0.2) is 28.6 Å². The van der Waals surface area contributed by atoms with Crippen LogP contribution in [0.3, 0.4) is 0 Å². The van der Waals surface area contributed by atoms with Crippen molar-refractivity contribution < 1.29 is 5.32 Å². The number of thioether (sulfide) groups is 1. The monoisotopic (exact) mass is 307 g/mol. The molecule has 0 saturated heterocycles. The summed E-state index contributed by atoms with van der Waals surface area (Å²) in [5.41, 5.74) is 1.15. The third-order valence-electron chi connectivity index (χ3n) is 4.00. The summed E-state index contributed by atoms with van der Waals surface area (Å²) >= 11 is 3.75. The van der Waals surface area contributed by atoms with Gasteiger partial charge in [-0.1, -0.05) is 30.3 Å². The summed E-state index contributed by atoms with van der Waals surface area (Å²) in [6.07, 6.45) is 8.51. The molecule has 0 bridgehead atoms. The predicted molar refractivity (Wildman–Crippen MR) is 88.6 cm³/mol. The van der Waals surface area contributed by atoms with Crippen LogP contribution in [0.2, 0.25) is 0 Å². The third-order valence-corrected chi connectivity index (χ3v) is 6.26. The summed E-state index contributed by atoms with van der Waals surface area (Å²) in [6.45, 7) is 1.28. The van der Waals surface area contributed by atoms with Gasteiger partial charge < -0.3 is 5.32 Å². The first-order chi connectivity index (χ1) is 9.92. The van der Waals surface area contributed by atoms with Gasteiger partial charge in [0, 0.05) is 12.2 Å². The second kappa shape index (κ2) is 7.43. The number of rotatable bonds is 6. The first-order valence-electron chi connectivity index (χ1n) is 7.73. The lowest BCUT2D eigenvalue weighted by Crippen LogP contribution is -2.90. The summed E-state index contributed by atoms with van der Waals surface area (Å²) in [6, 6.07) is 9.33. The van der Waals surface area contributed by atoms with Gasteiger partial charge >= 0.3 is 0 Å². The number of nitrogens with two attached hydrogens (primary N) is 1. The Labute approximate surface area is 129 Å². The van der Waals surface area contributed by atoms with Gasteiger partial charge in [-0.05, 0) is 37.8 Å². The number of para-hydroxylation sites is 1. The Balaban J connectivity index is 1.37. The van der Waals surface area contributed by atoms with Crippen molar-refractivity contribution >= 4 is 33.3 Å². The van der Waals surface area contributed by atoms with E-state index in [9.17, 15) is 0 Å². The van der Waals surface area contributed by atoms with Gasteiger partial charge in [0.1, 0.15) is 0 Å². The van der Waals surface area contributed by atoms with E-state index in [2.05, 4.69) is 34.6 Å². The Morgan fingerprint density at radius 3 is 2.90 bits per heavy atom. The molecule has 4 heteroatoms. The maximum Gasteiger partial charge on any atom is 0.151 e. The zero-order valence-electron chi connectivity index (χ0n) is 11.9. The van der Waals surface area contributed by atoms with Crippen LogP contribution >= 0.6 is 23.1 Å². The molecule has 1 fully saturated rings. The quantitative estimate of drug-likeness (QED) is 0.652. The number of aromatic nitrogens is 1. The summed E-state index contributed by atoms with van der Waals surface area (Å²) in [5.74, 6) is 1.20. The fourth-order valence-electron chi connectivity index (χ4n) is 2.88. The Morgan fingerprint density at radius 2 is 2.05 bits per heavy atom. The fourth-order valence-corrected chi connectivity index (χ4v) is 4.98. The lowest BCUT2D eigenvalue weighted by molar-refractivity contribution is -0.691. The Bertz CT molecular complexity index is 499. The number of hydrogen-bond donors (Lipinski definition) is 1. The average Bonchev–Trinajstić information content (AvgIpc) is 2.90. The standard InChI is InChI=1S/C16H22N2S2/c1-2-7-13(8-3-1)17-11-6-12-19-16-18-14-9-4-5-10-15(14)20-16/h4-5,9-10,13,17H,1-3,6-8,11-12H2/p+1. The molecule has 0 radical (unpaired) electrons. The van der Waals surface area contributed by atoms with E-state index < -0.39 is 0 Å². The van der Waals surface area contributed by atoms with Gasteiger partial charge in [0.05, 0.1) is 22.8 Å². The average molecular weight is 308 g/mol. The molecule has 2 nitrogen and oxygen atoms in total. The van der Waals surface area contributed by atoms with Gasteiger partial charge in [0.25, 0.3) is 0 Å². The molecule has 1 saturated carbocycles. The van der Waals surface area contributed by atoms with Crippen molar-refractivity contribution in [3.05, 3.63) is 24.3 Å². The van der Waals surface area contributed by atoms with Gasteiger partial charge in [0.2, 0.25) is 0 Å². The molecule has 1 aromatic heterocycles. The van der Waals surface area contributed by atoms with Crippen LogP contribution in [0.25, 0.3) is 10.2 Å². The molecule has 1 aliphatic rings. The maximum atomic E-state index is 4.67. The van der Waals surface area contributed by atoms with E-state index in [1.54, 1.807) is 0 Å². The lowest BCUT2D eigenvalue weighted by atomic mass is 9.95. The largest absolute Gasteiger partial charge is 0.344 e. The van der Waals surface area contributed by atoms with Crippen LogP contribution in [0, 0.1) is 0 Å². The molecule has 0 unspecified atom stereocenters. The Hall–Kier alpha value is -0.580. The fraction of sp³-hybridized carbons (Fsp3) is 0.562. The van der Waals surface area contributed by atoms with Crippen LogP contribution in [0.4, 0.5) is 0 Å². The first-order valence-corrected chi connectivity index (χ1v) is 9.54. The minimum atomic E-state index is 0.913. The van der Waals surface area contributed by atoms with E-state index in [0.29, 0.717) is 0 Å². The summed E-state index contributed by atoms with van der Waals surface area (Å²) in [7, 11) is 0. The maximum absolute atomic E-state index is 4.67. The van der Waals surface area contributed by atoms with Gasteiger partial charge in [-0.15, -0.1) is 11.3 Å². The third kappa shape index (κ3) is 3.96. The molecular weight excluding hydrogens is 284 g/mol. The number of fused-ring (bicyclic) bond motifs is 1. The zero-order chi connectivity index (χ0) is 13.6. The molecular formula is C16H23N2S2+. The van der Waals surface area contributed by atoms with Crippen molar-refractivity contribution in [2.75, 3.05) is 12.3 Å². The van der Waals surface area contributed by atoms with Gasteiger partial charge in [-0.25, -0.2) is 4.98 Å². The van der Waals surface area contributed by atoms with Crippen LogP contribution in [0.1, 0.15) is 38.5 Å². The van der Waals surface area contributed by atoms with Crippen molar-refractivity contribution in [1.82, 2.24) is 4.98 Å². The lowest BCUT2D eigenvalue weighted by Gasteiger charge is -2.19. The SMILES string of the molecule is c1ccc2sc(SCCC[NH2+]C3CCCCC3)nc2c1. The molecule has 0 spiro atoms. The van der Waals surface area contributed by atoms with E-state index >= 15 is 0 Å². The number of quaternary nitrogens is 1. The highest BCUT2D eigenvalue weighted by molar-refractivity contribution is 8.01. The van der Waals surface area contributed by atoms with Crippen molar-refractivity contribution in [2.24, 2.45) is 0 Å². The van der Waals surface area contributed by atoms with Gasteiger partial charge in [0.15, 0.2) is 4.34 Å². The molecule has 0 aliphatic heterocycles. The molecule has 108 valence electrons. The molecule has 3 rings (SSSR count). The summed E-state index contributed by atoms with van der Waals surface area (Å²) < 4.78 is 2.53. The smallest absolute Gasteiger partial charge is 0.151 e. The van der Waals surface area contributed by atoms with E-state index in [0.717, 1.165) is 11.6 Å². The molecule has 20 heavy (non-hydrogen) atoms.